The molecule has 20 heavy (non-hydrogen) atoms. The molecular formula is C14H23N5O. The van der Waals surface area contributed by atoms with Crippen LogP contribution >= 0.6 is 0 Å². The zero-order valence-electron chi connectivity index (χ0n) is 12.2. The molecule has 2 N–H and O–H groups in total. The third kappa shape index (κ3) is 2.64. The van der Waals surface area contributed by atoms with E-state index in [1.165, 1.54) is 32.1 Å². The van der Waals surface area contributed by atoms with Gasteiger partial charge in [0.2, 0.25) is 11.9 Å². The maximum Gasteiger partial charge on any atom is 0.323 e. The Bertz CT molecular complexity index is 479. The third-order valence-corrected chi connectivity index (χ3v) is 4.23. The Labute approximate surface area is 119 Å². The fraction of sp³-hybridized carbons (Fsp3) is 0.786. The van der Waals surface area contributed by atoms with Crippen molar-refractivity contribution in [1.29, 1.82) is 0 Å². The Morgan fingerprint density at radius 2 is 1.95 bits per heavy atom. The summed E-state index contributed by atoms with van der Waals surface area (Å²) in [6.45, 7) is 4.92. The van der Waals surface area contributed by atoms with Gasteiger partial charge in [-0.25, -0.2) is 0 Å². The minimum absolute atomic E-state index is 0.0330. The molecule has 1 saturated carbocycles. The molecule has 6 heteroatoms. The van der Waals surface area contributed by atoms with E-state index < -0.39 is 0 Å². The molecule has 1 aliphatic heterocycles. The summed E-state index contributed by atoms with van der Waals surface area (Å²) in [5, 5.41) is 0. The van der Waals surface area contributed by atoms with E-state index in [1.807, 2.05) is 13.8 Å². The molecule has 2 unspecified atom stereocenters. The summed E-state index contributed by atoms with van der Waals surface area (Å²) >= 11 is 0. The van der Waals surface area contributed by atoms with Gasteiger partial charge in [0.15, 0.2) is 0 Å². The summed E-state index contributed by atoms with van der Waals surface area (Å²) in [7, 11) is 0. The van der Waals surface area contributed by atoms with Crippen LogP contribution in [0.25, 0.3) is 0 Å². The molecule has 0 spiro atoms. The molecule has 0 amide bonds. The molecule has 0 bridgehead atoms. The zero-order chi connectivity index (χ0) is 14.1. The molecule has 1 aromatic rings. The first-order valence-electron chi connectivity index (χ1n) is 7.58. The fourth-order valence-corrected chi connectivity index (χ4v) is 3.41. The molecule has 1 aromatic heterocycles. The van der Waals surface area contributed by atoms with Crippen molar-refractivity contribution < 1.29 is 4.74 Å². The van der Waals surface area contributed by atoms with E-state index in [0.717, 1.165) is 12.5 Å². The fourth-order valence-electron chi connectivity index (χ4n) is 3.41. The molecule has 2 atom stereocenters. The highest BCUT2D eigenvalue weighted by Crippen LogP contribution is 2.37. The predicted molar refractivity (Wildman–Crippen MR) is 77.7 cm³/mol. The minimum atomic E-state index is 0.0330. The number of ether oxygens (including phenoxy) is 1. The molecule has 0 radical (unpaired) electrons. The molecule has 1 saturated heterocycles. The van der Waals surface area contributed by atoms with Gasteiger partial charge in [0.1, 0.15) is 0 Å². The first-order valence-corrected chi connectivity index (χ1v) is 7.58. The summed E-state index contributed by atoms with van der Waals surface area (Å²) in [5.74, 6) is 1.71. The van der Waals surface area contributed by atoms with E-state index >= 15 is 0 Å². The number of nitrogen functional groups attached to an aromatic ring is 1. The van der Waals surface area contributed by atoms with E-state index in [1.54, 1.807) is 0 Å². The zero-order valence-corrected chi connectivity index (χ0v) is 12.2. The molecular weight excluding hydrogens is 254 g/mol. The van der Waals surface area contributed by atoms with Crippen LogP contribution in [0.3, 0.4) is 0 Å². The smallest absolute Gasteiger partial charge is 0.323 e. The van der Waals surface area contributed by atoms with Gasteiger partial charge in [0.05, 0.1) is 6.10 Å². The molecule has 2 aliphatic rings. The van der Waals surface area contributed by atoms with Crippen molar-refractivity contribution in [1.82, 2.24) is 15.0 Å². The predicted octanol–water partition coefficient (Wildman–Crippen LogP) is 2.01. The topological polar surface area (TPSA) is 77.2 Å². The summed E-state index contributed by atoms with van der Waals surface area (Å²) < 4.78 is 5.56. The molecule has 3 rings (SSSR count). The van der Waals surface area contributed by atoms with Gasteiger partial charge in [-0.2, -0.15) is 15.0 Å². The van der Waals surface area contributed by atoms with Crippen LogP contribution in [0.5, 0.6) is 6.01 Å². The lowest BCUT2D eigenvalue weighted by Crippen LogP contribution is -2.36. The molecule has 110 valence electrons. The van der Waals surface area contributed by atoms with Crippen LogP contribution in [0, 0.1) is 5.92 Å². The van der Waals surface area contributed by atoms with Crippen molar-refractivity contribution in [3.63, 3.8) is 0 Å². The Balaban J connectivity index is 1.84. The van der Waals surface area contributed by atoms with Gasteiger partial charge in [0.25, 0.3) is 0 Å². The number of rotatable bonds is 3. The van der Waals surface area contributed by atoms with Gasteiger partial charge in [-0.15, -0.1) is 0 Å². The maximum absolute atomic E-state index is 5.80. The molecule has 1 aliphatic carbocycles. The van der Waals surface area contributed by atoms with Crippen LogP contribution in [0.2, 0.25) is 0 Å². The number of hydrogen-bond donors (Lipinski definition) is 1. The van der Waals surface area contributed by atoms with Gasteiger partial charge >= 0.3 is 6.01 Å². The van der Waals surface area contributed by atoms with Crippen molar-refractivity contribution in [2.24, 2.45) is 5.92 Å². The summed E-state index contributed by atoms with van der Waals surface area (Å²) in [6, 6.07) is 0.902. The van der Waals surface area contributed by atoms with E-state index in [0.29, 0.717) is 18.0 Å². The normalized spacial score (nSPS) is 25.9. The monoisotopic (exact) mass is 277 g/mol. The van der Waals surface area contributed by atoms with Gasteiger partial charge < -0.3 is 15.4 Å². The number of nitrogens with zero attached hydrogens (tertiary/aromatic N) is 4. The minimum Gasteiger partial charge on any atom is -0.461 e. The van der Waals surface area contributed by atoms with Crippen molar-refractivity contribution >= 4 is 11.9 Å². The number of nitrogens with two attached hydrogens (primary N) is 1. The SMILES string of the molecule is CC(C)Oc1nc(N)nc(N2CCC3CCCCC32)n1. The van der Waals surface area contributed by atoms with Gasteiger partial charge in [-0.05, 0) is 39.0 Å². The quantitative estimate of drug-likeness (QED) is 0.910. The second-order valence-electron chi connectivity index (χ2n) is 6.04. The summed E-state index contributed by atoms with van der Waals surface area (Å²) in [4.78, 5) is 15.1. The summed E-state index contributed by atoms with van der Waals surface area (Å²) in [6.07, 6.45) is 6.49. The number of hydrogen-bond acceptors (Lipinski definition) is 6. The van der Waals surface area contributed by atoms with Crippen molar-refractivity contribution in [3.8, 4) is 6.01 Å². The Morgan fingerprint density at radius 3 is 2.75 bits per heavy atom. The van der Waals surface area contributed by atoms with Crippen molar-refractivity contribution in [2.75, 3.05) is 17.2 Å². The lowest BCUT2D eigenvalue weighted by molar-refractivity contribution is 0.222. The highest BCUT2D eigenvalue weighted by Gasteiger charge is 2.37. The maximum atomic E-state index is 5.80. The van der Waals surface area contributed by atoms with Crippen LogP contribution in [0.4, 0.5) is 11.9 Å². The molecule has 2 fully saturated rings. The average Bonchev–Trinajstić information content (AvgIpc) is 2.80. The number of anilines is 2. The van der Waals surface area contributed by atoms with Gasteiger partial charge in [0, 0.05) is 12.6 Å². The Hall–Kier alpha value is -1.59. The van der Waals surface area contributed by atoms with Crippen LogP contribution in [0.15, 0.2) is 0 Å². The first kappa shape index (κ1) is 13.4. The van der Waals surface area contributed by atoms with Crippen molar-refractivity contribution in [3.05, 3.63) is 0 Å². The Morgan fingerprint density at radius 1 is 1.15 bits per heavy atom. The highest BCUT2D eigenvalue weighted by molar-refractivity contribution is 5.39. The van der Waals surface area contributed by atoms with Crippen LogP contribution < -0.4 is 15.4 Å². The van der Waals surface area contributed by atoms with E-state index in [9.17, 15) is 0 Å². The van der Waals surface area contributed by atoms with Crippen LogP contribution in [-0.2, 0) is 0 Å². The number of fused-ring (bicyclic) bond motifs is 1. The van der Waals surface area contributed by atoms with Gasteiger partial charge in [-0.1, -0.05) is 12.8 Å². The average molecular weight is 277 g/mol. The van der Waals surface area contributed by atoms with E-state index in [-0.39, 0.29) is 12.1 Å². The second kappa shape index (κ2) is 5.42. The van der Waals surface area contributed by atoms with E-state index in [4.69, 9.17) is 10.5 Å². The molecule has 0 aromatic carbocycles. The lowest BCUT2D eigenvalue weighted by atomic mass is 9.85. The Kier molecular flexibility index (Phi) is 3.63. The van der Waals surface area contributed by atoms with Crippen molar-refractivity contribution in [2.45, 2.75) is 58.1 Å². The standard InChI is InChI=1S/C14H23N5O/c1-9(2)20-14-17-12(15)16-13(18-14)19-8-7-10-5-3-4-6-11(10)19/h9-11H,3-8H2,1-2H3,(H2,15,16,17,18). The highest BCUT2D eigenvalue weighted by atomic mass is 16.5. The molecule has 6 nitrogen and oxygen atoms in total. The second-order valence-corrected chi connectivity index (χ2v) is 6.04. The van der Waals surface area contributed by atoms with E-state index in [2.05, 4.69) is 19.9 Å². The third-order valence-electron chi connectivity index (χ3n) is 4.23. The first-order chi connectivity index (χ1) is 9.63. The molecule has 2 heterocycles. The lowest BCUT2D eigenvalue weighted by Gasteiger charge is -2.31. The van der Waals surface area contributed by atoms with Crippen LogP contribution in [-0.4, -0.2) is 33.6 Å². The largest absolute Gasteiger partial charge is 0.461 e. The van der Waals surface area contributed by atoms with Crippen LogP contribution in [0.1, 0.15) is 46.0 Å². The number of aromatic nitrogens is 3. The summed E-state index contributed by atoms with van der Waals surface area (Å²) in [5.41, 5.74) is 5.80. The van der Waals surface area contributed by atoms with Gasteiger partial charge in [-0.3, -0.25) is 0 Å².